The standard InChI is InChI=1S/C23H38O3S/c1-10-11-12-20(19(7)27-15-16(2)3)14-21(24)23(17(4)5)22(26-9)13-18(6)25-8/h13,15,17,20,23H,6-7,10-12,14H2,1-5,8-9H3/b22-13-. The SMILES string of the molecule is C=C(/C=C(\OC)C(C(=O)CC(CCCC)C(=C)SC=C(C)C)C(C)C)OC. The minimum Gasteiger partial charge on any atom is -0.500 e. The second kappa shape index (κ2) is 13.7. The Morgan fingerprint density at radius 1 is 1.15 bits per heavy atom. The van der Waals surface area contributed by atoms with Crippen molar-refractivity contribution in [2.45, 2.75) is 60.3 Å². The van der Waals surface area contributed by atoms with Gasteiger partial charge in [-0.1, -0.05) is 52.3 Å². The molecule has 0 aliphatic carbocycles. The van der Waals surface area contributed by atoms with Gasteiger partial charge in [0.05, 0.1) is 20.1 Å². The Morgan fingerprint density at radius 3 is 2.22 bits per heavy atom. The molecule has 0 spiro atoms. The molecule has 0 aromatic rings. The van der Waals surface area contributed by atoms with Gasteiger partial charge in [-0.15, -0.1) is 11.8 Å². The number of ketones is 1. The molecule has 0 heterocycles. The third kappa shape index (κ3) is 9.90. The second-order valence-electron chi connectivity index (χ2n) is 7.43. The summed E-state index contributed by atoms with van der Waals surface area (Å²) in [4.78, 5) is 14.3. The number of Topliss-reactive ketones (excluding diaryl/α,β-unsaturated/α-hetero) is 1. The van der Waals surface area contributed by atoms with Crippen LogP contribution in [0.25, 0.3) is 0 Å². The molecule has 27 heavy (non-hydrogen) atoms. The van der Waals surface area contributed by atoms with Crippen molar-refractivity contribution in [2.75, 3.05) is 14.2 Å². The highest BCUT2D eigenvalue weighted by atomic mass is 32.2. The Morgan fingerprint density at radius 2 is 1.78 bits per heavy atom. The molecule has 2 atom stereocenters. The maximum Gasteiger partial charge on any atom is 0.144 e. The van der Waals surface area contributed by atoms with E-state index >= 15 is 0 Å². The monoisotopic (exact) mass is 394 g/mol. The summed E-state index contributed by atoms with van der Waals surface area (Å²) in [5.41, 5.74) is 1.24. The number of carbonyl (C=O) groups excluding carboxylic acids is 1. The van der Waals surface area contributed by atoms with Crippen molar-refractivity contribution in [1.82, 2.24) is 0 Å². The van der Waals surface area contributed by atoms with Crippen molar-refractivity contribution in [1.29, 1.82) is 0 Å². The molecule has 0 amide bonds. The summed E-state index contributed by atoms with van der Waals surface area (Å²) < 4.78 is 10.7. The van der Waals surface area contributed by atoms with E-state index in [0.29, 0.717) is 17.9 Å². The summed E-state index contributed by atoms with van der Waals surface area (Å²) >= 11 is 1.64. The largest absolute Gasteiger partial charge is 0.500 e. The van der Waals surface area contributed by atoms with E-state index in [9.17, 15) is 4.79 Å². The quantitative estimate of drug-likeness (QED) is 0.237. The number of unbranched alkanes of at least 4 members (excludes halogenated alkanes) is 1. The smallest absolute Gasteiger partial charge is 0.144 e. The summed E-state index contributed by atoms with van der Waals surface area (Å²) in [5, 5.41) is 2.11. The molecule has 0 aromatic heterocycles. The van der Waals surface area contributed by atoms with Crippen LogP contribution in [-0.2, 0) is 14.3 Å². The predicted octanol–water partition coefficient (Wildman–Crippen LogP) is 6.89. The second-order valence-corrected chi connectivity index (χ2v) is 8.43. The van der Waals surface area contributed by atoms with Crippen LogP contribution in [0.2, 0.25) is 0 Å². The van der Waals surface area contributed by atoms with Crippen molar-refractivity contribution < 1.29 is 14.3 Å². The fourth-order valence-electron chi connectivity index (χ4n) is 2.84. The predicted molar refractivity (Wildman–Crippen MR) is 118 cm³/mol. The molecule has 2 unspecified atom stereocenters. The number of allylic oxidation sites excluding steroid dienone is 4. The van der Waals surface area contributed by atoms with E-state index in [-0.39, 0.29) is 23.5 Å². The van der Waals surface area contributed by atoms with Crippen molar-refractivity contribution in [3.05, 3.63) is 46.6 Å². The van der Waals surface area contributed by atoms with Crippen LogP contribution < -0.4 is 0 Å². The van der Waals surface area contributed by atoms with Gasteiger partial charge in [0.2, 0.25) is 0 Å². The molecule has 0 saturated carbocycles. The fourth-order valence-corrected chi connectivity index (χ4v) is 3.62. The van der Waals surface area contributed by atoms with Crippen LogP contribution in [0.3, 0.4) is 0 Å². The molecule has 0 N–H and O–H groups in total. The first-order valence-corrected chi connectivity index (χ1v) is 10.6. The van der Waals surface area contributed by atoms with E-state index < -0.39 is 0 Å². The highest BCUT2D eigenvalue weighted by Crippen LogP contribution is 2.34. The number of carbonyl (C=O) groups is 1. The van der Waals surface area contributed by atoms with Crippen LogP contribution in [0.4, 0.5) is 0 Å². The van der Waals surface area contributed by atoms with Crippen LogP contribution in [0.5, 0.6) is 0 Å². The third-order valence-electron chi connectivity index (χ3n) is 4.38. The van der Waals surface area contributed by atoms with E-state index in [4.69, 9.17) is 9.47 Å². The van der Waals surface area contributed by atoms with Gasteiger partial charge >= 0.3 is 0 Å². The van der Waals surface area contributed by atoms with Gasteiger partial charge in [0.1, 0.15) is 17.3 Å². The van der Waals surface area contributed by atoms with Crippen LogP contribution >= 0.6 is 11.8 Å². The van der Waals surface area contributed by atoms with Crippen LogP contribution in [0, 0.1) is 17.8 Å². The van der Waals surface area contributed by atoms with E-state index in [0.717, 1.165) is 24.2 Å². The lowest BCUT2D eigenvalue weighted by molar-refractivity contribution is -0.124. The lowest BCUT2D eigenvalue weighted by atomic mass is 9.83. The van der Waals surface area contributed by atoms with Gasteiger partial charge in [-0.2, -0.15) is 0 Å². The molecule has 4 heteroatoms. The van der Waals surface area contributed by atoms with Gasteiger partial charge in [-0.25, -0.2) is 0 Å². The van der Waals surface area contributed by atoms with Crippen molar-refractivity contribution >= 4 is 17.5 Å². The molecule has 0 saturated heterocycles. The first-order valence-electron chi connectivity index (χ1n) is 9.67. The van der Waals surface area contributed by atoms with Gasteiger partial charge in [-0.05, 0) is 42.4 Å². The Hall–Kier alpha value is -1.42. The summed E-state index contributed by atoms with van der Waals surface area (Å²) in [6, 6.07) is 0. The van der Waals surface area contributed by atoms with Crippen molar-refractivity contribution in [2.24, 2.45) is 17.8 Å². The Labute approximate surface area is 171 Å². The lowest BCUT2D eigenvalue weighted by Crippen LogP contribution is -2.26. The number of thioether (sulfide) groups is 1. The zero-order chi connectivity index (χ0) is 21.0. The third-order valence-corrected chi connectivity index (χ3v) is 5.60. The molecule has 0 fully saturated rings. The van der Waals surface area contributed by atoms with E-state index in [2.05, 4.69) is 39.3 Å². The normalized spacial score (nSPS) is 13.7. The number of rotatable bonds is 14. The maximum atomic E-state index is 13.2. The van der Waals surface area contributed by atoms with E-state index in [1.165, 1.54) is 5.57 Å². The van der Waals surface area contributed by atoms with Crippen molar-refractivity contribution in [3.8, 4) is 0 Å². The topological polar surface area (TPSA) is 35.5 Å². The number of hydrogen-bond acceptors (Lipinski definition) is 4. The Balaban J connectivity index is 5.48. The lowest BCUT2D eigenvalue weighted by Gasteiger charge is -2.25. The van der Waals surface area contributed by atoms with Crippen molar-refractivity contribution in [3.63, 3.8) is 0 Å². The van der Waals surface area contributed by atoms with E-state index in [1.54, 1.807) is 32.1 Å². The summed E-state index contributed by atoms with van der Waals surface area (Å²) in [6.07, 6.45) is 5.37. The molecule has 0 aliphatic rings. The number of ether oxygens (including phenoxy) is 2. The molecule has 154 valence electrons. The summed E-state index contributed by atoms with van der Waals surface area (Å²) in [5.74, 6) is 1.26. The van der Waals surface area contributed by atoms with Gasteiger partial charge in [0.25, 0.3) is 0 Å². The number of hydrogen-bond donors (Lipinski definition) is 0. The van der Waals surface area contributed by atoms with Gasteiger partial charge in [-0.3, -0.25) is 4.79 Å². The van der Waals surface area contributed by atoms with Gasteiger partial charge < -0.3 is 9.47 Å². The average Bonchev–Trinajstić information content (AvgIpc) is 2.61. The molecule has 0 aromatic carbocycles. The Kier molecular flexibility index (Phi) is 13.0. The van der Waals surface area contributed by atoms with Crippen LogP contribution in [0.15, 0.2) is 46.6 Å². The molecule has 0 bridgehead atoms. The molecule has 3 nitrogen and oxygen atoms in total. The fraction of sp³-hybridized carbons (Fsp3) is 0.609. The zero-order valence-corrected chi connectivity index (χ0v) is 19.1. The minimum atomic E-state index is -0.313. The highest BCUT2D eigenvalue weighted by Gasteiger charge is 2.30. The summed E-state index contributed by atoms with van der Waals surface area (Å²) in [7, 11) is 3.15. The van der Waals surface area contributed by atoms with Gasteiger partial charge in [0.15, 0.2) is 0 Å². The highest BCUT2D eigenvalue weighted by molar-refractivity contribution is 8.05. The zero-order valence-electron chi connectivity index (χ0n) is 18.3. The molecular formula is C23H38O3S. The van der Waals surface area contributed by atoms with Crippen LogP contribution in [-0.4, -0.2) is 20.0 Å². The average molecular weight is 395 g/mol. The molecular weight excluding hydrogens is 356 g/mol. The van der Waals surface area contributed by atoms with Gasteiger partial charge in [0, 0.05) is 12.5 Å². The molecule has 0 rings (SSSR count). The Bertz CT molecular complexity index is 554. The number of methoxy groups -OCH3 is 2. The first kappa shape index (κ1) is 25.6. The summed E-state index contributed by atoms with van der Waals surface area (Å²) in [6.45, 7) is 18.5. The molecule has 0 radical (unpaired) electrons. The van der Waals surface area contributed by atoms with E-state index in [1.807, 2.05) is 13.8 Å². The first-order chi connectivity index (χ1) is 12.7. The van der Waals surface area contributed by atoms with Crippen LogP contribution in [0.1, 0.15) is 60.3 Å². The minimum absolute atomic E-state index is 0.124. The maximum absolute atomic E-state index is 13.2. The molecule has 0 aliphatic heterocycles.